The first-order valence-electron chi connectivity index (χ1n) is 6.08. The first-order valence-corrected chi connectivity index (χ1v) is 7.90. The maximum absolute atomic E-state index is 12.0. The lowest BCUT2D eigenvalue weighted by molar-refractivity contribution is 0.0934. The number of amides is 1. The van der Waals surface area contributed by atoms with Crippen molar-refractivity contribution in [1.29, 1.82) is 0 Å². The summed E-state index contributed by atoms with van der Waals surface area (Å²) in [5.41, 5.74) is 3.74. The molecular weight excluding hydrogens is 266 g/mol. The molecule has 1 aliphatic rings. The lowest BCUT2D eigenvalue weighted by Gasteiger charge is -2.23. The highest BCUT2D eigenvalue weighted by molar-refractivity contribution is 7.91. The van der Waals surface area contributed by atoms with Crippen LogP contribution in [0.25, 0.3) is 0 Å². The monoisotopic (exact) mass is 283 g/mol. The zero-order valence-corrected chi connectivity index (χ0v) is 11.2. The number of anilines is 1. The second-order valence-corrected chi connectivity index (χ2v) is 6.92. The Labute approximate surface area is 112 Å². The fraction of sp³-hybridized carbons (Fsp3) is 0.417. The van der Waals surface area contributed by atoms with E-state index < -0.39 is 9.84 Å². The number of nitrogens with one attached hydrogen (secondary N) is 2. The summed E-state index contributed by atoms with van der Waals surface area (Å²) in [6.45, 7) is 0. The predicted octanol–water partition coefficient (Wildman–Crippen LogP) is 0.279. The molecule has 1 aliphatic heterocycles. The summed E-state index contributed by atoms with van der Waals surface area (Å²) >= 11 is 0. The Balaban J connectivity index is 1.94. The van der Waals surface area contributed by atoms with Crippen molar-refractivity contribution in [1.82, 2.24) is 5.32 Å². The number of nitrogen functional groups attached to an aromatic ring is 1. The van der Waals surface area contributed by atoms with Gasteiger partial charge in [-0.1, -0.05) is 0 Å². The summed E-state index contributed by atoms with van der Waals surface area (Å²) < 4.78 is 22.6. The third-order valence-corrected chi connectivity index (χ3v) is 4.92. The Bertz CT molecular complexity index is 540. The second kappa shape index (κ2) is 5.58. The molecule has 104 valence electrons. The summed E-state index contributed by atoms with van der Waals surface area (Å²) in [6.07, 6.45) is 0.965. The first-order chi connectivity index (χ1) is 9.00. The number of carbonyl (C=O) groups excluding carboxylic acids is 1. The highest BCUT2D eigenvalue weighted by Gasteiger charge is 2.24. The molecule has 1 fully saturated rings. The van der Waals surface area contributed by atoms with Crippen LogP contribution in [0.5, 0.6) is 0 Å². The average Bonchev–Trinajstić information content (AvgIpc) is 2.41. The molecular formula is C12H17N3O3S. The van der Waals surface area contributed by atoms with Gasteiger partial charge in [0.25, 0.3) is 5.91 Å². The molecule has 19 heavy (non-hydrogen) atoms. The van der Waals surface area contributed by atoms with Crippen LogP contribution in [0, 0.1) is 0 Å². The van der Waals surface area contributed by atoms with E-state index in [0.717, 1.165) is 5.69 Å². The summed E-state index contributed by atoms with van der Waals surface area (Å²) in [5.74, 6) is 5.35. The molecule has 7 heteroatoms. The molecule has 0 spiro atoms. The Morgan fingerprint density at radius 2 is 1.74 bits per heavy atom. The predicted molar refractivity (Wildman–Crippen MR) is 73.4 cm³/mol. The molecule has 0 atom stereocenters. The van der Waals surface area contributed by atoms with Gasteiger partial charge in [-0.3, -0.25) is 10.6 Å². The molecule has 0 saturated carbocycles. The molecule has 1 saturated heterocycles. The Kier molecular flexibility index (Phi) is 4.06. The van der Waals surface area contributed by atoms with Crippen LogP contribution in [0.1, 0.15) is 23.2 Å². The van der Waals surface area contributed by atoms with Crippen molar-refractivity contribution in [2.24, 2.45) is 5.84 Å². The van der Waals surface area contributed by atoms with E-state index in [9.17, 15) is 13.2 Å². The van der Waals surface area contributed by atoms with E-state index in [2.05, 4.69) is 10.7 Å². The van der Waals surface area contributed by atoms with Gasteiger partial charge in [-0.25, -0.2) is 8.42 Å². The number of hydrogen-bond donors (Lipinski definition) is 3. The molecule has 1 amide bonds. The molecule has 2 rings (SSSR count). The summed E-state index contributed by atoms with van der Waals surface area (Å²) in [5, 5.41) is 2.86. The number of hydrogen-bond acceptors (Lipinski definition) is 5. The van der Waals surface area contributed by atoms with E-state index in [-0.39, 0.29) is 23.5 Å². The smallest absolute Gasteiger partial charge is 0.251 e. The van der Waals surface area contributed by atoms with Gasteiger partial charge < -0.3 is 10.7 Å². The Morgan fingerprint density at radius 1 is 1.16 bits per heavy atom. The minimum absolute atomic E-state index is 0.0664. The largest absolute Gasteiger partial charge is 0.349 e. The van der Waals surface area contributed by atoms with E-state index in [1.807, 2.05) is 0 Å². The first kappa shape index (κ1) is 13.8. The van der Waals surface area contributed by atoms with Gasteiger partial charge >= 0.3 is 0 Å². The minimum atomic E-state index is -2.90. The zero-order chi connectivity index (χ0) is 13.9. The quantitative estimate of drug-likeness (QED) is 0.546. The number of carbonyl (C=O) groups is 1. The number of rotatable bonds is 3. The van der Waals surface area contributed by atoms with Gasteiger partial charge in [0.1, 0.15) is 9.84 Å². The van der Waals surface area contributed by atoms with Crippen molar-refractivity contribution < 1.29 is 13.2 Å². The van der Waals surface area contributed by atoms with Crippen LogP contribution in [0.15, 0.2) is 24.3 Å². The number of sulfone groups is 1. The summed E-state index contributed by atoms with van der Waals surface area (Å²) in [6, 6.07) is 6.69. The van der Waals surface area contributed by atoms with Crippen molar-refractivity contribution in [3.8, 4) is 0 Å². The standard InChI is InChI=1S/C12H17N3O3S/c13-15-11-3-1-9(2-4-11)12(16)14-10-5-7-19(17,18)8-6-10/h1-4,10,15H,5-8,13H2,(H,14,16). The molecule has 0 aromatic heterocycles. The molecule has 0 unspecified atom stereocenters. The van der Waals surface area contributed by atoms with Gasteiger partial charge in [0, 0.05) is 17.3 Å². The Morgan fingerprint density at radius 3 is 2.26 bits per heavy atom. The van der Waals surface area contributed by atoms with Crippen LogP contribution in [-0.2, 0) is 9.84 Å². The third kappa shape index (κ3) is 3.68. The minimum Gasteiger partial charge on any atom is -0.349 e. The van der Waals surface area contributed by atoms with Crippen molar-refractivity contribution in [2.75, 3.05) is 16.9 Å². The lowest BCUT2D eigenvalue weighted by atomic mass is 10.1. The summed E-state index contributed by atoms with van der Waals surface area (Å²) in [4.78, 5) is 12.0. The normalized spacial score (nSPS) is 18.8. The number of nitrogens with two attached hydrogens (primary N) is 1. The highest BCUT2D eigenvalue weighted by atomic mass is 32.2. The van der Waals surface area contributed by atoms with E-state index >= 15 is 0 Å². The fourth-order valence-electron chi connectivity index (χ4n) is 2.02. The van der Waals surface area contributed by atoms with Gasteiger partial charge in [0.05, 0.1) is 11.5 Å². The highest BCUT2D eigenvalue weighted by Crippen LogP contribution is 2.13. The van der Waals surface area contributed by atoms with Crippen LogP contribution in [-0.4, -0.2) is 31.9 Å². The van der Waals surface area contributed by atoms with Crippen LogP contribution in [0.4, 0.5) is 5.69 Å². The molecule has 1 aromatic carbocycles. The molecule has 0 bridgehead atoms. The van der Waals surface area contributed by atoms with Crippen LogP contribution >= 0.6 is 0 Å². The van der Waals surface area contributed by atoms with Gasteiger partial charge in [-0.2, -0.15) is 0 Å². The van der Waals surface area contributed by atoms with E-state index in [0.29, 0.717) is 18.4 Å². The van der Waals surface area contributed by atoms with Gasteiger partial charge in [-0.15, -0.1) is 0 Å². The lowest BCUT2D eigenvalue weighted by Crippen LogP contribution is -2.40. The van der Waals surface area contributed by atoms with Crippen molar-refractivity contribution in [3.63, 3.8) is 0 Å². The van der Waals surface area contributed by atoms with Gasteiger partial charge in [0.15, 0.2) is 0 Å². The zero-order valence-electron chi connectivity index (χ0n) is 10.4. The Hall–Kier alpha value is -1.60. The fourth-order valence-corrected chi connectivity index (χ4v) is 3.51. The maximum Gasteiger partial charge on any atom is 0.251 e. The van der Waals surface area contributed by atoms with Gasteiger partial charge in [0.2, 0.25) is 0 Å². The molecule has 1 aromatic rings. The van der Waals surface area contributed by atoms with Crippen LogP contribution in [0.3, 0.4) is 0 Å². The molecule has 0 aliphatic carbocycles. The topological polar surface area (TPSA) is 101 Å². The number of hydrazine groups is 1. The van der Waals surface area contributed by atoms with Crippen molar-refractivity contribution >= 4 is 21.4 Å². The van der Waals surface area contributed by atoms with Gasteiger partial charge in [-0.05, 0) is 37.1 Å². The van der Waals surface area contributed by atoms with Crippen molar-refractivity contribution in [3.05, 3.63) is 29.8 Å². The van der Waals surface area contributed by atoms with E-state index in [4.69, 9.17) is 5.84 Å². The molecule has 4 N–H and O–H groups in total. The molecule has 0 radical (unpaired) electrons. The van der Waals surface area contributed by atoms with E-state index in [1.165, 1.54) is 0 Å². The average molecular weight is 283 g/mol. The summed E-state index contributed by atoms with van der Waals surface area (Å²) in [7, 11) is -2.90. The van der Waals surface area contributed by atoms with Crippen molar-refractivity contribution in [2.45, 2.75) is 18.9 Å². The van der Waals surface area contributed by atoms with Crippen LogP contribution in [0.2, 0.25) is 0 Å². The third-order valence-electron chi connectivity index (χ3n) is 3.20. The van der Waals surface area contributed by atoms with Crippen LogP contribution < -0.4 is 16.6 Å². The molecule has 1 heterocycles. The SMILES string of the molecule is NNc1ccc(C(=O)NC2CCS(=O)(=O)CC2)cc1. The van der Waals surface area contributed by atoms with E-state index in [1.54, 1.807) is 24.3 Å². The maximum atomic E-state index is 12.0. The molecule has 6 nitrogen and oxygen atoms in total. The second-order valence-electron chi connectivity index (χ2n) is 4.62. The number of benzene rings is 1.